The fourth-order valence-electron chi connectivity index (χ4n) is 3.06. The van der Waals surface area contributed by atoms with Crippen LogP contribution in [0.4, 0.5) is 30.4 Å². The number of methoxy groups -OCH3 is 1. The Hall–Kier alpha value is -3.90. The van der Waals surface area contributed by atoms with Gasteiger partial charge in [-0.05, 0) is 12.8 Å². The second-order valence-electron chi connectivity index (χ2n) is 7.19. The number of carbonyl (C=O) groups is 2. The van der Waals surface area contributed by atoms with E-state index >= 15 is 0 Å². The van der Waals surface area contributed by atoms with Crippen molar-refractivity contribution < 1.29 is 27.5 Å². The van der Waals surface area contributed by atoms with Crippen LogP contribution in [0, 0.1) is 5.92 Å². The first kappa shape index (κ1) is 21.3. The Morgan fingerprint density at radius 2 is 1.97 bits per heavy atom. The first-order valence-corrected chi connectivity index (χ1v) is 9.46. The molecule has 1 amide bonds. The Kier molecular flexibility index (Phi) is 5.32. The molecule has 2 N–H and O–H groups in total. The molecule has 0 bridgehead atoms. The van der Waals surface area contributed by atoms with Gasteiger partial charge in [0, 0.05) is 30.6 Å². The molecule has 3 aromatic heterocycles. The lowest BCUT2D eigenvalue weighted by Gasteiger charge is -2.13. The molecular formula is C19H17F3N6O4. The third-order valence-corrected chi connectivity index (χ3v) is 4.77. The molecule has 10 nitrogen and oxygen atoms in total. The fourth-order valence-corrected chi connectivity index (χ4v) is 3.06. The summed E-state index contributed by atoms with van der Waals surface area (Å²) in [6, 6.07) is 1.37. The number of pyridine rings is 1. The summed E-state index contributed by atoms with van der Waals surface area (Å²) >= 11 is 0. The predicted octanol–water partition coefficient (Wildman–Crippen LogP) is 2.33. The van der Waals surface area contributed by atoms with Crippen LogP contribution in [0.5, 0.6) is 0 Å². The van der Waals surface area contributed by atoms with Crippen LogP contribution in [0.2, 0.25) is 0 Å². The number of rotatable bonds is 6. The molecule has 0 saturated heterocycles. The number of carbonyl (C=O) groups excluding carboxylic acids is 2. The van der Waals surface area contributed by atoms with Crippen LogP contribution < -0.4 is 16.2 Å². The molecule has 0 atom stereocenters. The molecule has 0 aliphatic heterocycles. The third kappa shape index (κ3) is 4.40. The summed E-state index contributed by atoms with van der Waals surface area (Å²) < 4.78 is 44.7. The van der Waals surface area contributed by atoms with Crippen molar-refractivity contribution in [3.8, 4) is 0 Å². The van der Waals surface area contributed by atoms with Crippen molar-refractivity contribution >= 4 is 34.6 Å². The Bertz CT molecular complexity index is 1260. The van der Waals surface area contributed by atoms with Gasteiger partial charge in [0.15, 0.2) is 5.52 Å². The van der Waals surface area contributed by atoms with E-state index in [1.165, 1.54) is 31.8 Å². The summed E-state index contributed by atoms with van der Waals surface area (Å²) in [6.07, 6.45) is 1.59. The molecule has 13 heteroatoms. The average Bonchev–Trinajstić information content (AvgIpc) is 3.51. The van der Waals surface area contributed by atoms with Gasteiger partial charge in [-0.2, -0.15) is 18.3 Å². The van der Waals surface area contributed by atoms with Crippen molar-refractivity contribution in [2.45, 2.75) is 25.6 Å². The topological polar surface area (TPSA) is 120 Å². The summed E-state index contributed by atoms with van der Waals surface area (Å²) in [6.45, 7) is -1.47. The number of fused-ring (bicyclic) bond motifs is 1. The molecule has 0 aromatic carbocycles. The standard InChI is InChI=1S/C19H17F3N6O4/c1-32-18(31)11-7-23-14(26-16(29)10-2-3-10)6-12(11)25-13-8-24-28-5-4-27(9-19(20,21)22)17(30)15(13)28/h4-8,10H,2-3,9H2,1H3,(H2,23,25,26,29). The van der Waals surface area contributed by atoms with Crippen molar-refractivity contribution in [3.05, 3.63) is 46.8 Å². The van der Waals surface area contributed by atoms with Gasteiger partial charge in [0.1, 0.15) is 17.9 Å². The highest BCUT2D eigenvalue weighted by Gasteiger charge is 2.30. The molecule has 1 saturated carbocycles. The molecule has 1 aliphatic carbocycles. The number of alkyl halides is 3. The lowest BCUT2D eigenvalue weighted by Crippen LogP contribution is -2.28. The quantitative estimate of drug-likeness (QED) is 0.553. The molecule has 1 fully saturated rings. The number of halogens is 3. The van der Waals surface area contributed by atoms with Gasteiger partial charge >= 0.3 is 12.1 Å². The Morgan fingerprint density at radius 1 is 1.22 bits per heavy atom. The Morgan fingerprint density at radius 3 is 2.62 bits per heavy atom. The maximum atomic E-state index is 12.8. The highest BCUT2D eigenvalue weighted by atomic mass is 19.4. The van der Waals surface area contributed by atoms with Crippen LogP contribution in [0.3, 0.4) is 0 Å². The highest BCUT2D eigenvalue weighted by molar-refractivity contribution is 5.99. The summed E-state index contributed by atoms with van der Waals surface area (Å²) in [5.74, 6) is -0.880. The first-order chi connectivity index (χ1) is 15.2. The number of esters is 1. The third-order valence-electron chi connectivity index (χ3n) is 4.77. The van der Waals surface area contributed by atoms with E-state index in [1.54, 1.807) is 0 Å². The van der Waals surface area contributed by atoms with E-state index in [2.05, 4.69) is 20.7 Å². The van der Waals surface area contributed by atoms with E-state index < -0.39 is 24.2 Å². The molecular weight excluding hydrogens is 433 g/mol. The Labute approximate surface area is 178 Å². The number of hydrogen-bond donors (Lipinski definition) is 2. The van der Waals surface area contributed by atoms with Crippen molar-refractivity contribution in [1.29, 1.82) is 0 Å². The summed E-state index contributed by atoms with van der Waals surface area (Å²) in [4.78, 5) is 40.9. The molecule has 32 heavy (non-hydrogen) atoms. The molecule has 3 heterocycles. The van der Waals surface area contributed by atoms with Gasteiger partial charge in [0.2, 0.25) is 5.91 Å². The minimum Gasteiger partial charge on any atom is -0.465 e. The van der Waals surface area contributed by atoms with Crippen LogP contribution in [0.25, 0.3) is 5.52 Å². The van der Waals surface area contributed by atoms with Crippen molar-refractivity contribution in [2.24, 2.45) is 5.92 Å². The average molecular weight is 450 g/mol. The van der Waals surface area contributed by atoms with Crippen LogP contribution >= 0.6 is 0 Å². The van der Waals surface area contributed by atoms with Crippen LogP contribution in [-0.2, 0) is 16.1 Å². The summed E-state index contributed by atoms with van der Waals surface area (Å²) in [5.41, 5.74) is -0.919. The molecule has 0 spiro atoms. The van der Waals surface area contributed by atoms with Gasteiger partial charge in [0.25, 0.3) is 5.56 Å². The molecule has 168 valence electrons. The number of amides is 1. The molecule has 1 aliphatic rings. The second-order valence-corrected chi connectivity index (χ2v) is 7.19. The zero-order valence-electron chi connectivity index (χ0n) is 16.6. The van der Waals surface area contributed by atoms with Crippen molar-refractivity contribution in [1.82, 2.24) is 19.2 Å². The summed E-state index contributed by atoms with van der Waals surface area (Å²) in [7, 11) is 1.17. The minimum atomic E-state index is -4.59. The van der Waals surface area contributed by atoms with Crippen LogP contribution in [0.15, 0.2) is 35.6 Å². The zero-order chi connectivity index (χ0) is 23.0. The number of nitrogens with zero attached hydrogens (tertiary/aromatic N) is 4. The number of hydrogen-bond acceptors (Lipinski definition) is 7. The number of anilines is 3. The molecule has 0 radical (unpaired) electrons. The largest absolute Gasteiger partial charge is 0.465 e. The SMILES string of the molecule is COC(=O)c1cnc(NC(=O)C2CC2)cc1Nc1cnn2ccn(CC(F)(F)F)c(=O)c12. The van der Waals surface area contributed by atoms with Gasteiger partial charge in [-0.1, -0.05) is 0 Å². The van der Waals surface area contributed by atoms with Crippen LogP contribution in [0.1, 0.15) is 23.2 Å². The second kappa shape index (κ2) is 7.98. The van der Waals surface area contributed by atoms with E-state index in [1.807, 2.05) is 0 Å². The number of ether oxygens (including phenoxy) is 1. The maximum Gasteiger partial charge on any atom is 0.406 e. The van der Waals surface area contributed by atoms with E-state index in [0.717, 1.165) is 23.6 Å². The highest BCUT2D eigenvalue weighted by Crippen LogP contribution is 2.31. The predicted molar refractivity (Wildman–Crippen MR) is 106 cm³/mol. The van der Waals surface area contributed by atoms with E-state index in [-0.39, 0.29) is 40.1 Å². The van der Waals surface area contributed by atoms with Gasteiger partial charge in [0.05, 0.1) is 24.7 Å². The number of nitrogens with one attached hydrogen (secondary N) is 2. The Balaban J connectivity index is 1.73. The van der Waals surface area contributed by atoms with Crippen molar-refractivity contribution in [2.75, 3.05) is 17.7 Å². The van der Waals surface area contributed by atoms with E-state index in [0.29, 0.717) is 4.57 Å². The van der Waals surface area contributed by atoms with E-state index in [4.69, 9.17) is 4.74 Å². The van der Waals surface area contributed by atoms with Gasteiger partial charge < -0.3 is 19.9 Å². The molecule has 3 aromatic rings. The van der Waals surface area contributed by atoms with Gasteiger partial charge in [-0.15, -0.1) is 0 Å². The van der Waals surface area contributed by atoms with Gasteiger partial charge in [-0.25, -0.2) is 14.3 Å². The molecule has 4 rings (SSSR count). The normalized spacial score (nSPS) is 13.8. The minimum absolute atomic E-state index is 0.0113. The fraction of sp³-hybridized carbons (Fsp3) is 0.316. The molecule has 0 unspecified atom stereocenters. The zero-order valence-corrected chi connectivity index (χ0v) is 16.6. The van der Waals surface area contributed by atoms with Crippen molar-refractivity contribution in [3.63, 3.8) is 0 Å². The van der Waals surface area contributed by atoms with E-state index in [9.17, 15) is 27.6 Å². The monoisotopic (exact) mass is 450 g/mol. The maximum absolute atomic E-state index is 12.8. The smallest absolute Gasteiger partial charge is 0.406 e. The lowest BCUT2D eigenvalue weighted by molar-refractivity contribution is -0.141. The van der Waals surface area contributed by atoms with Gasteiger partial charge in [-0.3, -0.25) is 9.59 Å². The lowest BCUT2D eigenvalue weighted by atomic mass is 10.2. The summed E-state index contributed by atoms with van der Waals surface area (Å²) in [5, 5.41) is 9.44. The number of aromatic nitrogens is 4. The first-order valence-electron chi connectivity index (χ1n) is 9.46. The van der Waals surface area contributed by atoms with Crippen LogP contribution in [-0.4, -0.2) is 44.3 Å².